The van der Waals surface area contributed by atoms with Crippen LogP contribution in [0.4, 0.5) is 5.82 Å². The monoisotopic (exact) mass is 249 g/mol. The highest BCUT2D eigenvalue weighted by Crippen LogP contribution is 2.28. The van der Waals surface area contributed by atoms with Gasteiger partial charge in [-0.05, 0) is 30.9 Å². The molecule has 2 heterocycles. The van der Waals surface area contributed by atoms with E-state index in [9.17, 15) is 0 Å². The molecule has 0 unspecified atom stereocenters. The van der Waals surface area contributed by atoms with Crippen molar-refractivity contribution in [1.29, 1.82) is 0 Å². The summed E-state index contributed by atoms with van der Waals surface area (Å²) < 4.78 is 0. The third-order valence-corrected chi connectivity index (χ3v) is 4.58. The fraction of sp³-hybridized carbons (Fsp3) is 0.615. The van der Waals surface area contributed by atoms with Crippen LogP contribution in [0.2, 0.25) is 0 Å². The van der Waals surface area contributed by atoms with Gasteiger partial charge in [0.05, 0.1) is 0 Å². The number of aryl methyl sites for hydroxylation is 2. The molecule has 0 bridgehead atoms. The van der Waals surface area contributed by atoms with Crippen LogP contribution in [-0.4, -0.2) is 29.6 Å². The summed E-state index contributed by atoms with van der Waals surface area (Å²) in [5.41, 5.74) is 9.86. The molecule has 1 aromatic heterocycles. The molecule has 4 heteroatoms. The minimum absolute atomic E-state index is 0.610. The van der Waals surface area contributed by atoms with Gasteiger partial charge in [0, 0.05) is 42.4 Å². The van der Waals surface area contributed by atoms with Gasteiger partial charge in [-0.1, -0.05) is 0 Å². The maximum absolute atomic E-state index is 5.88. The number of hydrogen-bond donors (Lipinski definition) is 1. The summed E-state index contributed by atoms with van der Waals surface area (Å²) >= 11 is 2.03. The van der Waals surface area contributed by atoms with Crippen molar-refractivity contribution in [3.8, 4) is 0 Å². The molecule has 1 aromatic rings. The number of thioether (sulfide) groups is 1. The largest absolute Gasteiger partial charge is 0.355 e. The Kier molecular flexibility index (Phi) is 3.25. The quantitative estimate of drug-likeness (QED) is 0.864. The molecule has 1 aliphatic heterocycles. The normalized spacial score (nSPS) is 19.5. The molecule has 0 aromatic carbocycles. The van der Waals surface area contributed by atoms with Crippen molar-refractivity contribution in [2.45, 2.75) is 25.8 Å². The molecule has 1 aliphatic carbocycles. The zero-order chi connectivity index (χ0) is 11.7. The van der Waals surface area contributed by atoms with Crippen molar-refractivity contribution in [3.05, 3.63) is 22.9 Å². The third-order valence-electron chi connectivity index (χ3n) is 3.64. The third kappa shape index (κ3) is 2.16. The Labute approximate surface area is 107 Å². The molecule has 92 valence electrons. The summed E-state index contributed by atoms with van der Waals surface area (Å²) in [5, 5.41) is 0. The fourth-order valence-electron chi connectivity index (χ4n) is 2.71. The van der Waals surface area contributed by atoms with Crippen molar-refractivity contribution in [1.82, 2.24) is 4.98 Å². The molecule has 1 saturated heterocycles. The van der Waals surface area contributed by atoms with E-state index in [1.165, 1.54) is 41.2 Å². The number of fused-ring (bicyclic) bond motifs is 1. The van der Waals surface area contributed by atoms with Crippen LogP contribution in [0.1, 0.15) is 23.2 Å². The molecule has 0 radical (unpaired) electrons. The Bertz CT molecular complexity index is 413. The molecule has 3 rings (SSSR count). The Hall–Kier alpha value is -0.740. The van der Waals surface area contributed by atoms with E-state index in [2.05, 4.69) is 11.0 Å². The van der Waals surface area contributed by atoms with Gasteiger partial charge in [-0.15, -0.1) is 0 Å². The lowest BCUT2D eigenvalue weighted by Crippen LogP contribution is -2.34. The lowest BCUT2D eigenvalue weighted by molar-refractivity contribution is 0.816. The average molecular weight is 249 g/mol. The predicted octanol–water partition coefficient (Wildman–Crippen LogP) is 1.58. The van der Waals surface area contributed by atoms with Crippen molar-refractivity contribution in [2.24, 2.45) is 5.73 Å². The lowest BCUT2D eigenvalue weighted by Gasteiger charge is -2.29. The number of nitrogens with zero attached hydrogens (tertiary/aromatic N) is 2. The van der Waals surface area contributed by atoms with E-state index in [0.29, 0.717) is 6.54 Å². The second-order valence-corrected chi connectivity index (χ2v) is 5.96. The summed E-state index contributed by atoms with van der Waals surface area (Å²) in [4.78, 5) is 7.30. The fourth-order valence-corrected chi connectivity index (χ4v) is 3.61. The molecule has 0 saturated carbocycles. The Morgan fingerprint density at radius 3 is 2.88 bits per heavy atom. The molecule has 2 aliphatic rings. The van der Waals surface area contributed by atoms with E-state index in [0.717, 1.165) is 25.3 Å². The van der Waals surface area contributed by atoms with Crippen LogP contribution in [0.5, 0.6) is 0 Å². The van der Waals surface area contributed by atoms with E-state index >= 15 is 0 Å². The molecule has 17 heavy (non-hydrogen) atoms. The van der Waals surface area contributed by atoms with Crippen LogP contribution in [0, 0.1) is 0 Å². The zero-order valence-electron chi connectivity index (χ0n) is 10.1. The van der Waals surface area contributed by atoms with Crippen LogP contribution >= 0.6 is 11.8 Å². The van der Waals surface area contributed by atoms with Crippen molar-refractivity contribution in [3.63, 3.8) is 0 Å². The first-order valence-corrected chi connectivity index (χ1v) is 7.58. The van der Waals surface area contributed by atoms with Gasteiger partial charge in [0.2, 0.25) is 0 Å². The van der Waals surface area contributed by atoms with Gasteiger partial charge in [-0.2, -0.15) is 11.8 Å². The van der Waals surface area contributed by atoms with Gasteiger partial charge in [-0.3, -0.25) is 0 Å². The highest BCUT2D eigenvalue weighted by Gasteiger charge is 2.20. The molecule has 0 spiro atoms. The number of nitrogens with two attached hydrogens (primary N) is 1. The Morgan fingerprint density at radius 2 is 2.12 bits per heavy atom. The highest BCUT2D eigenvalue weighted by atomic mass is 32.2. The van der Waals surface area contributed by atoms with E-state index in [4.69, 9.17) is 10.7 Å². The van der Waals surface area contributed by atoms with Gasteiger partial charge in [-0.25, -0.2) is 4.98 Å². The van der Waals surface area contributed by atoms with Gasteiger partial charge >= 0.3 is 0 Å². The van der Waals surface area contributed by atoms with Gasteiger partial charge < -0.3 is 10.6 Å². The summed E-state index contributed by atoms with van der Waals surface area (Å²) in [6.07, 6.45) is 3.59. The molecule has 2 N–H and O–H groups in total. The Morgan fingerprint density at radius 1 is 1.29 bits per heavy atom. The van der Waals surface area contributed by atoms with Crippen LogP contribution in [0.3, 0.4) is 0 Å². The summed E-state index contributed by atoms with van der Waals surface area (Å²) in [6, 6.07) is 2.30. The van der Waals surface area contributed by atoms with Crippen molar-refractivity contribution in [2.75, 3.05) is 29.5 Å². The summed E-state index contributed by atoms with van der Waals surface area (Å²) in [5.74, 6) is 3.58. The second kappa shape index (κ2) is 4.86. The average Bonchev–Trinajstić information content (AvgIpc) is 2.85. The lowest BCUT2D eigenvalue weighted by atomic mass is 10.1. The molecular formula is C13H19N3S. The molecule has 0 amide bonds. The van der Waals surface area contributed by atoms with Crippen molar-refractivity contribution < 1.29 is 0 Å². The summed E-state index contributed by atoms with van der Waals surface area (Å²) in [7, 11) is 0. The van der Waals surface area contributed by atoms with Gasteiger partial charge in [0.1, 0.15) is 5.82 Å². The maximum atomic E-state index is 5.88. The van der Waals surface area contributed by atoms with Crippen LogP contribution < -0.4 is 10.6 Å². The molecule has 3 nitrogen and oxygen atoms in total. The number of pyridine rings is 1. The van der Waals surface area contributed by atoms with Gasteiger partial charge in [0.15, 0.2) is 0 Å². The van der Waals surface area contributed by atoms with Crippen LogP contribution in [0.15, 0.2) is 6.07 Å². The number of hydrogen-bond acceptors (Lipinski definition) is 4. The zero-order valence-corrected chi connectivity index (χ0v) is 10.9. The van der Waals surface area contributed by atoms with E-state index in [-0.39, 0.29) is 0 Å². The van der Waals surface area contributed by atoms with Gasteiger partial charge in [0.25, 0.3) is 0 Å². The SMILES string of the molecule is NCc1cc2c(nc1N1CCSCC1)CCC2. The van der Waals surface area contributed by atoms with E-state index in [1.807, 2.05) is 11.8 Å². The number of anilines is 1. The highest BCUT2D eigenvalue weighted by molar-refractivity contribution is 7.99. The first kappa shape index (κ1) is 11.4. The first-order valence-electron chi connectivity index (χ1n) is 6.43. The predicted molar refractivity (Wildman–Crippen MR) is 73.7 cm³/mol. The second-order valence-electron chi connectivity index (χ2n) is 4.73. The Balaban J connectivity index is 1.96. The molecule has 1 fully saturated rings. The summed E-state index contributed by atoms with van der Waals surface area (Å²) in [6.45, 7) is 2.84. The van der Waals surface area contributed by atoms with E-state index in [1.54, 1.807) is 0 Å². The minimum Gasteiger partial charge on any atom is -0.355 e. The standard InChI is InChI=1S/C13H19N3S/c14-9-11-8-10-2-1-3-12(10)15-13(11)16-4-6-17-7-5-16/h8H,1-7,9,14H2. The topological polar surface area (TPSA) is 42.1 Å². The van der Waals surface area contributed by atoms with Crippen LogP contribution in [0.25, 0.3) is 0 Å². The maximum Gasteiger partial charge on any atom is 0.133 e. The van der Waals surface area contributed by atoms with E-state index < -0.39 is 0 Å². The van der Waals surface area contributed by atoms with Crippen LogP contribution in [-0.2, 0) is 19.4 Å². The number of aromatic nitrogens is 1. The smallest absolute Gasteiger partial charge is 0.133 e. The number of rotatable bonds is 2. The molecular weight excluding hydrogens is 230 g/mol. The first-order chi connectivity index (χ1) is 8.38. The molecule has 0 atom stereocenters. The minimum atomic E-state index is 0.610. The van der Waals surface area contributed by atoms with Crippen molar-refractivity contribution >= 4 is 17.6 Å².